The van der Waals surface area contributed by atoms with E-state index in [1.807, 2.05) is 30.3 Å². The number of nitrogens with one attached hydrogen (secondary N) is 2. The molecule has 2 aromatic carbocycles. The molecule has 2 saturated carbocycles. The summed E-state index contributed by atoms with van der Waals surface area (Å²) in [7, 11) is -3.53. The second-order valence-electron chi connectivity index (χ2n) is 9.29. The zero-order valence-electron chi connectivity index (χ0n) is 19.0. The Hall–Kier alpha value is -3.43. The SMILES string of the molecule is O=C(Nc1cccc(-c2ccc(S(=O)(=O)NC3CCC3)cc2)n1)C1(c2ccc3c(c2)OCO3)CC1.[HH]. The maximum atomic E-state index is 13.2. The Labute approximate surface area is 205 Å². The molecule has 35 heavy (non-hydrogen) atoms. The summed E-state index contributed by atoms with van der Waals surface area (Å²) >= 11 is 0. The highest BCUT2D eigenvalue weighted by Crippen LogP contribution is 2.51. The Morgan fingerprint density at radius 2 is 1.77 bits per heavy atom. The molecule has 0 spiro atoms. The Morgan fingerprint density at radius 1 is 1.00 bits per heavy atom. The number of carbonyl (C=O) groups is 1. The van der Waals surface area contributed by atoms with Crippen molar-refractivity contribution in [3.8, 4) is 22.8 Å². The number of fused-ring (bicyclic) bond motifs is 1. The number of benzene rings is 2. The molecule has 2 N–H and O–H groups in total. The molecule has 2 fully saturated rings. The van der Waals surface area contributed by atoms with Gasteiger partial charge in [0.05, 0.1) is 16.0 Å². The fraction of sp³-hybridized carbons (Fsp3) is 0.308. The van der Waals surface area contributed by atoms with E-state index in [0.29, 0.717) is 23.0 Å². The van der Waals surface area contributed by atoms with Gasteiger partial charge in [0.1, 0.15) is 5.82 Å². The third kappa shape index (κ3) is 4.15. The number of nitrogens with zero attached hydrogens (tertiary/aromatic N) is 1. The van der Waals surface area contributed by atoms with Crippen LogP contribution in [0, 0.1) is 0 Å². The molecule has 9 heteroatoms. The Kier molecular flexibility index (Phi) is 5.26. The van der Waals surface area contributed by atoms with Crippen LogP contribution in [0.15, 0.2) is 65.6 Å². The Balaban J connectivity index is 0.00000267. The molecule has 1 aliphatic heterocycles. The highest BCUT2D eigenvalue weighted by atomic mass is 32.2. The van der Waals surface area contributed by atoms with Crippen LogP contribution in [0.5, 0.6) is 11.5 Å². The molecular formula is C26H27N3O5S. The molecule has 1 amide bonds. The number of ether oxygens (including phenoxy) is 2. The number of rotatable bonds is 7. The molecule has 0 saturated heterocycles. The van der Waals surface area contributed by atoms with Crippen molar-refractivity contribution < 1.29 is 24.1 Å². The lowest BCUT2D eigenvalue weighted by atomic mass is 9.94. The predicted octanol–water partition coefficient (Wildman–Crippen LogP) is 4.22. The molecule has 8 nitrogen and oxygen atoms in total. The van der Waals surface area contributed by atoms with E-state index in [0.717, 1.165) is 43.2 Å². The van der Waals surface area contributed by atoms with Crippen molar-refractivity contribution in [3.05, 3.63) is 66.2 Å². The molecule has 0 unspecified atom stereocenters. The van der Waals surface area contributed by atoms with Crippen LogP contribution in [-0.4, -0.2) is 32.1 Å². The van der Waals surface area contributed by atoms with Gasteiger partial charge in [-0.1, -0.05) is 30.7 Å². The molecule has 3 aliphatic rings. The monoisotopic (exact) mass is 493 g/mol. The van der Waals surface area contributed by atoms with E-state index in [1.165, 1.54) is 0 Å². The highest BCUT2D eigenvalue weighted by Gasteiger charge is 2.51. The number of hydrogen-bond donors (Lipinski definition) is 2. The van der Waals surface area contributed by atoms with Crippen LogP contribution < -0.4 is 19.5 Å². The Bertz CT molecular complexity index is 1400. The normalized spacial score (nSPS) is 18.1. The van der Waals surface area contributed by atoms with Gasteiger partial charge in [-0.05, 0) is 67.6 Å². The van der Waals surface area contributed by atoms with E-state index < -0.39 is 15.4 Å². The molecule has 0 atom stereocenters. The summed E-state index contributed by atoms with van der Waals surface area (Å²) < 4.78 is 38.7. The van der Waals surface area contributed by atoms with Crippen molar-refractivity contribution in [2.75, 3.05) is 12.1 Å². The Morgan fingerprint density at radius 3 is 2.49 bits per heavy atom. The quantitative estimate of drug-likeness (QED) is 0.510. The summed E-state index contributed by atoms with van der Waals surface area (Å²) in [6.45, 7) is 0.193. The first-order chi connectivity index (χ1) is 16.9. The maximum absolute atomic E-state index is 13.2. The first-order valence-electron chi connectivity index (χ1n) is 11.7. The molecule has 6 rings (SSSR count). The number of carbonyl (C=O) groups excluding carboxylic acids is 1. The van der Waals surface area contributed by atoms with Crippen LogP contribution in [0.2, 0.25) is 0 Å². The largest absolute Gasteiger partial charge is 0.454 e. The number of amides is 1. The lowest BCUT2D eigenvalue weighted by Gasteiger charge is -2.26. The summed E-state index contributed by atoms with van der Waals surface area (Å²) in [6, 6.07) is 17.7. The fourth-order valence-corrected chi connectivity index (χ4v) is 5.79. The average molecular weight is 494 g/mol. The van der Waals surface area contributed by atoms with Gasteiger partial charge < -0.3 is 14.8 Å². The van der Waals surface area contributed by atoms with Gasteiger partial charge in [-0.3, -0.25) is 4.79 Å². The second-order valence-corrected chi connectivity index (χ2v) is 11.0. The van der Waals surface area contributed by atoms with Crippen molar-refractivity contribution >= 4 is 21.7 Å². The summed E-state index contributed by atoms with van der Waals surface area (Å²) in [6.07, 6.45) is 4.33. The van der Waals surface area contributed by atoms with Crippen molar-refractivity contribution in [1.82, 2.24) is 9.71 Å². The van der Waals surface area contributed by atoms with Gasteiger partial charge in [0.25, 0.3) is 0 Å². The smallest absolute Gasteiger partial charge is 0.240 e. The average Bonchev–Trinajstić information content (AvgIpc) is 3.53. The van der Waals surface area contributed by atoms with Gasteiger partial charge in [-0.2, -0.15) is 0 Å². The zero-order chi connectivity index (χ0) is 24.0. The van der Waals surface area contributed by atoms with Gasteiger partial charge >= 0.3 is 0 Å². The van der Waals surface area contributed by atoms with E-state index in [1.54, 1.807) is 30.3 Å². The number of aromatic nitrogens is 1. The third-order valence-electron chi connectivity index (χ3n) is 6.99. The van der Waals surface area contributed by atoms with Crippen LogP contribution >= 0.6 is 0 Å². The van der Waals surface area contributed by atoms with Crippen molar-refractivity contribution in [1.29, 1.82) is 0 Å². The van der Waals surface area contributed by atoms with E-state index in [2.05, 4.69) is 15.0 Å². The molecule has 2 aliphatic carbocycles. The molecule has 0 radical (unpaired) electrons. The first kappa shape index (κ1) is 22.1. The molecule has 182 valence electrons. The van der Waals surface area contributed by atoms with Crippen molar-refractivity contribution in [3.63, 3.8) is 0 Å². The summed E-state index contributed by atoms with van der Waals surface area (Å²) in [5.74, 6) is 1.69. The lowest BCUT2D eigenvalue weighted by molar-refractivity contribution is -0.118. The van der Waals surface area contributed by atoms with Crippen LogP contribution in [0.4, 0.5) is 5.82 Å². The van der Waals surface area contributed by atoms with E-state index in [4.69, 9.17) is 9.47 Å². The summed E-state index contributed by atoms with van der Waals surface area (Å²) in [4.78, 5) is 18.1. The van der Waals surface area contributed by atoms with Crippen LogP contribution in [0.1, 0.15) is 39.1 Å². The topological polar surface area (TPSA) is 107 Å². The summed E-state index contributed by atoms with van der Waals surface area (Å²) in [5.41, 5.74) is 1.72. The minimum atomic E-state index is -3.53. The maximum Gasteiger partial charge on any atom is 0.240 e. The van der Waals surface area contributed by atoms with Gasteiger partial charge in [0, 0.05) is 13.0 Å². The number of pyridine rings is 1. The minimum Gasteiger partial charge on any atom is -0.454 e. The molecule has 1 aromatic heterocycles. The van der Waals surface area contributed by atoms with Gasteiger partial charge in [-0.25, -0.2) is 18.1 Å². The zero-order valence-corrected chi connectivity index (χ0v) is 19.8. The van der Waals surface area contributed by atoms with Crippen molar-refractivity contribution in [2.45, 2.75) is 48.5 Å². The van der Waals surface area contributed by atoms with Crippen molar-refractivity contribution in [2.24, 2.45) is 0 Å². The molecule has 2 heterocycles. The highest BCUT2D eigenvalue weighted by molar-refractivity contribution is 7.89. The predicted molar refractivity (Wildman–Crippen MR) is 132 cm³/mol. The number of hydrogen-bond acceptors (Lipinski definition) is 6. The van der Waals surface area contributed by atoms with Crippen LogP contribution in [0.25, 0.3) is 11.3 Å². The third-order valence-corrected chi connectivity index (χ3v) is 8.52. The second kappa shape index (κ2) is 8.35. The van der Waals surface area contributed by atoms with Crippen LogP contribution in [-0.2, 0) is 20.2 Å². The molecular weight excluding hydrogens is 466 g/mol. The van der Waals surface area contributed by atoms with E-state index in [-0.39, 0.29) is 25.1 Å². The van der Waals surface area contributed by atoms with Gasteiger partial charge in [0.15, 0.2) is 11.5 Å². The summed E-state index contributed by atoms with van der Waals surface area (Å²) in [5, 5.41) is 2.96. The number of sulfonamides is 1. The lowest BCUT2D eigenvalue weighted by Crippen LogP contribution is -2.39. The van der Waals surface area contributed by atoms with Gasteiger partial charge in [-0.15, -0.1) is 0 Å². The van der Waals surface area contributed by atoms with Gasteiger partial charge in [0.2, 0.25) is 22.7 Å². The number of anilines is 1. The standard InChI is InChI=1S/C26H25N3O5S.H2/c30-25(26(13-14-26)18-9-12-22-23(15-18)34-16-33-22)28-24-6-2-5-21(27-24)17-7-10-20(11-8-17)35(31,32)29-19-3-1-4-19;/h2,5-12,15,19,29H,1,3-4,13-14,16H2,(H,27,28,30);1H. The molecule has 0 bridgehead atoms. The van der Waals surface area contributed by atoms with E-state index >= 15 is 0 Å². The molecule has 3 aromatic rings. The van der Waals surface area contributed by atoms with Crippen LogP contribution in [0.3, 0.4) is 0 Å². The minimum absolute atomic E-state index is 0. The fourth-order valence-electron chi connectivity index (χ4n) is 4.49. The van der Waals surface area contributed by atoms with E-state index in [9.17, 15) is 13.2 Å². The first-order valence-corrected chi connectivity index (χ1v) is 13.2.